The first-order valence-electron chi connectivity index (χ1n) is 5.82. The smallest absolute Gasteiger partial charge is 0.242 e. The van der Waals surface area contributed by atoms with Crippen LogP contribution in [0.15, 0.2) is 16.6 Å². The minimum atomic E-state index is 0.0263. The first-order chi connectivity index (χ1) is 9.09. The molecule has 104 valence electrons. The second-order valence-corrected chi connectivity index (χ2v) is 5.68. The second kappa shape index (κ2) is 6.79. The SMILES string of the molecule is O=C(CNc1ccc(Br)c(Cl)c1Cl)N1CCOCC1. The molecule has 1 aliphatic rings. The van der Waals surface area contributed by atoms with Crippen LogP contribution in [0.25, 0.3) is 0 Å². The predicted molar refractivity (Wildman–Crippen MR) is 80.1 cm³/mol. The Morgan fingerprint density at radius 3 is 2.68 bits per heavy atom. The van der Waals surface area contributed by atoms with E-state index in [0.717, 1.165) is 4.47 Å². The summed E-state index contributed by atoms with van der Waals surface area (Å²) in [5.41, 5.74) is 0.650. The lowest BCUT2D eigenvalue weighted by Crippen LogP contribution is -2.43. The molecular formula is C12H13BrCl2N2O2. The van der Waals surface area contributed by atoms with Gasteiger partial charge in [0, 0.05) is 17.6 Å². The number of ether oxygens (including phenoxy) is 1. The molecule has 0 bridgehead atoms. The zero-order valence-electron chi connectivity index (χ0n) is 10.1. The summed E-state index contributed by atoms with van der Waals surface area (Å²) < 4.78 is 5.93. The Bertz CT molecular complexity index is 479. The maximum Gasteiger partial charge on any atom is 0.242 e. The molecule has 1 aromatic rings. The van der Waals surface area contributed by atoms with Crippen LogP contribution in [-0.4, -0.2) is 43.7 Å². The van der Waals surface area contributed by atoms with Gasteiger partial charge in [-0.1, -0.05) is 23.2 Å². The maximum absolute atomic E-state index is 12.0. The van der Waals surface area contributed by atoms with Crippen molar-refractivity contribution >= 4 is 50.7 Å². The summed E-state index contributed by atoms with van der Waals surface area (Å²) in [6.07, 6.45) is 0. The monoisotopic (exact) mass is 366 g/mol. The van der Waals surface area contributed by atoms with Crippen molar-refractivity contribution in [1.82, 2.24) is 4.90 Å². The Labute approximate surface area is 130 Å². The van der Waals surface area contributed by atoms with Gasteiger partial charge < -0.3 is 15.0 Å². The van der Waals surface area contributed by atoms with Crippen molar-refractivity contribution < 1.29 is 9.53 Å². The fourth-order valence-electron chi connectivity index (χ4n) is 1.76. The van der Waals surface area contributed by atoms with E-state index in [9.17, 15) is 4.79 Å². The van der Waals surface area contributed by atoms with Crippen molar-refractivity contribution in [3.63, 3.8) is 0 Å². The van der Waals surface area contributed by atoms with E-state index < -0.39 is 0 Å². The number of halogens is 3. The number of hydrogen-bond acceptors (Lipinski definition) is 3. The summed E-state index contributed by atoms with van der Waals surface area (Å²) in [4.78, 5) is 13.7. The van der Waals surface area contributed by atoms with E-state index in [1.807, 2.05) is 0 Å². The fourth-order valence-corrected chi connectivity index (χ4v) is 2.60. The Balaban J connectivity index is 1.95. The average Bonchev–Trinajstić information content (AvgIpc) is 2.45. The van der Waals surface area contributed by atoms with Gasteiger partial charge in [0.15, 0.2) is 0 Å². The molecule has 0 unspecified atom stereocenters. The van der Waals surface area contributed by atoms with Gasteiger partial charge in [-0.3, -0.25) is 4.79 Å². The molecule has 1 aliphatic heterocycles. The minimum Gasteiger partial charge on any atom is -0.378 e. The summed E-state index contributed by atoms with van der Waals surface area (Å²) in [7, 11) is 0. The first kappa shape index (κ1) is 14.9. The van der Waals surface area contributed by atoms with Gasteiger partial charge in [-0.05, 0) is 28.1 Å². The summed E-state index contributed by atoms with van der Waals surface area (Å²) >= 11 is 15.4. The number of nitrogens with zero attached hydrogens (tertiary/aromatic N) is 1. The van der Waals surface area contributed by atoms with E-state index >= 15 is 0 Å². The molecule has 1 fully saturated rings. The normalized spacial score (nSPS) is 15.4. The Kier molecular flexibility index (Phi) is 5.33. The van der Waals surface area contributed by atoms with E-state index in [0.29, 0.717) is 42.0 Å². The number of carbonyl (C=O) groups excluding carboxylic acids is 1. The predicted octanol–water partition coefficient (Wildman–Crippen LogP) is 3.03. The van der Waals surface area contributed by atoms with Gasteiger partial charge in [-0.2, -0.15) is 0 Å². The summed E-state index contributed by atoms with van der Waals surface area (Å²) in [6, 6.07) is 3.57. The molecule has 1 N–H and O–H groups in total. The van der Waals surface area contributed by atoms with E-state index in [-0.39, 0.29) is 12.5 Å². The number of benzene rings is 1. The number of anilines is 1. The molecule has 4 nitrogen and oxygen atoms in total. The second-order valence-electron chi connectivity index (χ2n) is 4.07. The van der Waals surface area contributed by atoms with E-state index in [4.69, 9.17) is 27.9 Å². The molecule has 7 heteroatoms. The zero-order valence-corrected chi connectivity index (χ0v) is 13.2. The highest BCUT2D eigenvalue weighted by Gasteiger charge is 2.17. The highest BCUT2D eigenvalue weighted by atomic mass is 79.9. The van der Waals surface area contributed by atoms with Crippen LogP contribution in [0.3, 0.4) is 0 Å². The van der Waals surface area contributed by atoms with Gasteiger partial charge in [0.2, 0.25) is 5.91 Å². The summed E-state index contributed by atoms with van der Waals surface area (Å²) in [6.45, 7) is 2.65. The standard InChI is InChI=1S/C12H13BrCl2N2O2/c13-8-1-2-9(12(15)11(8)14)16-7-10(18)17-3-5-19-6-4-17/h1-2,16H,3-7H2. The molecule has 1 saturated heterocycles. The van der Waals surface area contributed by atoms with Crippen molar-refractivity contribution in [2.45, 2.75) is 0 Å². The van der Waals surface area contributed by atoms with Gasteiger partial charge >= 0.3 is 0 Å². The van der Waals surface area contributed by atoms with E-state index in [1.165, 1.54) is 0 Å². The fraction of sp³-hybridized carbons (Fsp3) is 0.417. The highest BCUT2D eigenvalue weighted by Crippen LogP contribution is 2.35. The van der Waals surface area contributed by atoms with E-state index in [1.54, 1.807) is 17.0 Å². The Hall–Kier alpha value is -0.490. The van der Waals surface area contributed by atoms with Crippen LogP contribution in [0.5, 0.6) is 0 Å². The van der Waals surface area contributed by atoms with Gasteiger partial charge in [-0.25, -0.2) is 0 Å². The van der Waals surface area contributed by atoms with Crippen molar-refractivity contribution in [1.29, 1.82) is 0 Å². The lowest BCUT2D eigenvalue weighted by Gasteiger charge is -2.27. The molecule has 0 spiro atoms. The number of amides is 1. The summed E-state index contributed by atoms with van der Waals surface area (Å²) in [5, 5.41) is 3.85. The molecule has 1 aromatic carbocycles. The molecule has 0 radical (unpaired) electrons. The van der Waals surface area contributed by atoms with Crippen LogP contribution < -0.4 is 5.32 Å². The van der Waals surface area contributed by atoms with Gasteiger partial charge in [-0.15, -0.1) is 0 Å². The molecular weight excluding hydrogens is 355 g/mol. The number of morpholine rings is 1. The number of nitrogens with one attached hydrogen (secondary N) is 1. The van der Waals surface area contributed by atoms with Gasteiger partial charge in [0.25, 0.3) is 0 Å². The average molecular weight is 368 g/mol. The van der Waals surface area contributed by atoms with E-state index in [2.05, 4.69) is 21.2 Å². The van der Waals surface area contributed by atoms with Crippen molar-refractivity contribution in [2.75, 3.05) is 38.2 Å². The van der Waals surface area contributed by atoms with Gasteiger partial charge in [0.1, 0.15) is 0 Å². The molecule has 0 aromatic heterocycles. The van der Waals surface area contributed by atoms with Crippen molar-refractivity contribution in [3.05, 3.63) is 26.7 Å². The molecule has 0 saturated carbocycles. The largest absolute Gasteiger partial charge is 0.378 e. The van der Waals surface area contributed by atoms with Crippen LogP contribution >= 0.6 is 39.1 Å². The lowest BCUT2D eigenvalue weighted by atomic mass is 10.3. The van der Waals surface area contributed by atoms with Crippen molar-refractivity contribution in [2.24, 2.45) is 0 Å². The van der Waals surface area contributed by atoms with Crippen LogP contribution in [0.4, 0.5) is 5.69 Å². The van der Waals surface area contributed by atoms with Crippen LogP contribution in [0, 0.1) is 0 Å². The quantitative estimate of drug-likeness (QED) is 0.835. The molecule has 2 rings (SSSR count). The van der Waals surface area contributed by atoms with Gasteiger partial charge in [0.05, 0.1) is 35.5 Å². The zero-order chi connectivity index (χ0) is 13.8. The molecule has 19 heavy (non-hydrogen) atoms. The van der Waals surface area contributed by atoms with Crippen molar-refractivity contribution in [3.8, 4) is 0 Å². The molecule has 1 heterocycles. The molecule has 1 amide bonds. The van der Waals surface area contributed by atoms with Crippen LogP contribution in [0.2, 0.25) is 10.0 Å². The third kappa shape index (κ3) is 3.75. The Morgan fingerprint density at radius 2 is 2.00 bits per heavy atom. The summed E-state index contributed by atoms with van der Waals surface area (Å²) in [5.74, 6) is 0.0263. The topological polar surface area (TPSA) is 41.6 Å². The third-order valence-corrected chi connectivity index (χ3v) is 4.60. The number of hydrogen-bond donors (Lipinski definition) is 1. The first-order valence-corrected chi connectivity index (χ1v) is 7.37. The number of carbonyl (C=O) groups is 1. The lowest BCUT2D eigenvalue weighted by molar-refractivity contribution is -0.133. The van der Waals surface area contributed by atoms with Crippen LogP contribution in [0.1, 0.15) is 0 Å². The highest BCUT2D eigenvalue weighted by molar-refractivity contribution is 9.10. The Morgan fingerprint density at radius 1 is 1.32 bits per heavy atom. The van der Waals surface area contributed by atoms with Crippen LogP contribution in [-0.2, 0) is 9.53 Å². The molecule has 0 aliphatic carbocycles. The number of rotatable bonds is 3. The minimum absolute atomic E-state index is 0.0263. The molecule has 0 atom stereocenters. The maximum atomic E-state index is 12.0. The third-order valence-electron chi connectivity index (χ3n) is 2.83.